The molecule has 0 unspecified atom stereocenters. The van der Waals surface area contributed by atoms with Gasteiger partial charge < -0.3 is 21.1 Å². The Bertz CT molecular complexity index is 383. The molecule has 0 saturated heterocycles. The van der Waals surface area contributed by atoms with Gasteiger partial charge in [0, 0.05) is 26.2 Å². The van der Waals surface area contributed by atoms with Gasteiger partial charge in [-0.3, -0.25) is 0 Å². The number of rotatable bonds is 10. The second-order valence-corrected chi connectivity index (χ2v) is 4.55. The Morgan fingerprint density at radius 3 is 2.40 bits per heavy atom. The third-order valence-electron chi connectivity index (χ3n) is 3.06. The lowest BCUT2D eigenvalue weighted by molar-refractivity contribution is 0.283. The molecule has 114 valence electrons. The van der Waals surface area contributed by atoms with E-state index in [0.29, 0.717) is 11.9 Å². The molecule has 0 aliphatic rings. The van der Waals surface area contributed by atoms with E-state index in [-0.39, 0.29) is 12.6 Å². The summed E-state index contributed by atoms with van der Waals surface area (Å²) in [5, 5.41) is 11.9. The normalized spacial score (nSPS) is 10.6. The summed E-state index contributed by atoms with van der Waals surface area (Å²) in [5.41, 5.74) is 5.72. The van der Waals surface area contributed by atoms with Crippen molar-refractivity contribution >= 4 is 17.8 Å². The van der Waals surface area contributed by atoms with Gasteiger partial charge in [-0.2, -0.15) is 15.0 Å². The van der Waals surface area contributed by atoms with Crippen LogP contribution in [0.1, 0.15) is 39.5 Å². The van der Waals surface area contributed by atoms with Crippen LogP contribution in [0, 0.1) is 0 Å². The zero-order chi connectivity index (χ0) is 14.8. The van der Waals surface area contributed by atoms with Gasteiger partial charge in [-0.15, -0.1) is 0 Å². The average molecular weight is 282 g/mol. The number of aliphatic hydroxyl groups is 1. The monoisotopic (exact) mass is 282 g/mol. The molecule has 0 bridgehead atoms. The SMILES string of the molecule is CCN(CC)c1nc(N)nc(NCCCCCCO)n1. The lowest BCUT2D eigenvalue weighted by atomic mass is 10.2. The second-order valence-electron chi connectivity index (χ2n) is 4.55. The summed E-state index contributed by atoms with van der Waals surface area (Å²) >= 11 is 0. The van der Waals surface area contributed by atoms with Gasteiger partial charge in [0.15, 0.2) is 0 Å². The molecule has 0 radical (unpaired) electrons. The topological polar surface area (TPSA) is 100 Å². The molecular formula is C13H26N6O. The van der Waals surface area contributed by atoms with Gasteiger partial charge >= 0.3 is 0 Å². The number of hydrogen-bond acceptors (Lipinski definition) is 7. The van der Waals surface area contributed by atoms with E-state index in [1.165, 1.54) is 0 Å². The van der Waals surface area contributed by atoms with Crippen molar-refractivity contribution in [2.75, 3.05) is 42.2 Å². The largest absolute Gasteiger partial charge is 0.396 e. The molecule has 4 N–H and O–H groups in total. The number of nitrogens with two attached hydrogens (primary N) is 1. The lowest BCUT2D eigenvalue weighted by Crippen LogP contribution is -2.25. The highest BCUT2D eigenvalue weighted by Gasteiger charge is 2.09. The minimum absolute atomic E-state index is 0.240. The summed E-state index contributed by atoms with van der Waals surface area (Å²) in [6.07, 6.45) is 4.01. The van der Waals surface area contributed by atoms with Crippen molar-refractivity contribution in [1.82, 2.24) is 15.0 Å². The third-order valence-corrected chi connectivity index (χ3v) is 3.06. The summed E-state index contributed by atoms with van der Waals surface area (Å²) in [4.78, 5) is 14.7. The fourth-order valence-electron chi connectivity index (χ4n) is 1.90. The maximum Gasteiger partial charge on any atom is 0.231 e. The molecule has 1 aromatic heterocycles. The highest BCUT2D eigenvalue weighted by atomic mass is 16.2. The van der Waals surface area contributed by atoms with Crippen LogP contribution in [0.25, 0.3) is 0 Å². The first-order valence-corrected chi connectivity index (χ1v) is 7.32. The molecule has 1 rings (SSSR count). The number of unbranched alkanes of at least 4 members (excludes halogenated alkanes) is 3. The van der Waals surface area contributed by atoms with Crippen LogP contribution < -0.4 is 16.0 Å². The van der Waals surface area contributed by atoms with Crippen LogP contribution in [0.4, 0.5) is 17.8 Å². The first kappa shape index (κ1) is 16.4. The molecule has 0 aromatic carbocycles. The smallest absolute Gasteiger partial charge is 0.231 e. The van der Waals surface area contributed by atoms with Crippen LogP contribution in [0.3, 0.4) is 0 Å². The molecular weight excluding hydrogens is 256 g/mol. The number of anilines is 3. The van der Waals surface area contributed by atoms with E-state index >= 15 is 0 Å². The van der Waals surface area contributed by atoms with E-state index in [4.69, 9.17) is 10.8 Å². The molecule has 0 aliphatic heterocycles. The van der Waals surface area contributed by atoms with Crippen LogP contribution in [0.5, 0.6) is 0 Å². The van der Waals surface area contributed by atoms with Crippen molar-refractivity contribution in [2.45, 2.75) is 39.5 Å². The van der Waals surface area contributed by atoms with Crippen LogP contribution in [-0.2, 0) is 0 Å². The van der Waals surface area contributed by atoms with Crippen LogP contribution >= 0.6 is 0 Å². The summed E-state index contributed by atoms with van der Waals surface area (Å²) < 4.78 is 0. The van der Waals surface area contributed by atoms with Crippen molar-refractivity contribution in [3.8, 4) is 0 Å². The molecule has 0 saturated carbocycles. The number of nitrogens with one attached hydrogen (secondary N) is 1. The minimum atomic E-state index is 0.240. The van der Waals surface area contributed by atoms with Crippen LogP contribution in [0.2, 0.25) is 0 Å². The summed E-state index contributed by atoms with van der Waals surface area (Å²) in [6, 6.07) is 0. The molecule has 7 heteroatoms. The number of aromatic nitrogens is 3. The van der Waals surface area contributed by atoms with Crippen molar-refractivity contribution in [2.24, 2.45) is 0 Å². The van der Waals surface area contributed by atoms with Crippen molar-refractivity contribution in [3.63, 3.8) is 0 Å². The number of nitrogen functional groups attached to an aromatic ring is 1. The predicted molar refractivity (Wildman–Crippen MR) is 81.8 cm³/mol. The van der Waals surface area contributed by atoms with Crippen molar-refractivity contribution in [3.05, 3.63) is 0 Å². The number of aliphatic hydroxyl groups excluding tert-OH is 1. The highest BCUT2D eigenvalue weighted by molar-refractivity contribution is 5.41. The molecule has 0 atom stereocenters. The summed E-state index contributed by atoms with van der Waals surface area (Å²) in [5.74, 6) is 1.39. The minimum Gasteiger partial charge on any atom is -0.396 e. The fraction of sp³-hybridized carbons (Fsp3) is 0.769. The van der Waals surface area contributed by atoms with Crippen LogP contribution in [0.15, 0.2) is 0 Å². The van der Waals surface area contributed by atoms with E-state index < -0.39 is 0 Å². The molecule has 7 nitrogen and oxygen atoms in total. The Labute approximate surface area is 120 Å². The van der Waals surface area contributed by atoms with Gasteiger partial charge in [0.25, 0.3) is 0 Å². The third kappa shape index (κ3) is 5.56. The maximum absolute atomic E-state index is 8.70. The van der Waals surface area contributed by atoms with E-state index in [1.54, 1.807) is 0 Å². The second kappa shape index (κ2) is 9.30. The lowest BCUT2D eigenvalue weighted by Gasteiger charge is -2.19. The predicted octanol–water partition coefficient (Wildman–Crippen LogP) is 1.26. The Morgan fingerprint density at radius 2 is 1.75 bits per heavy atom. The van der Waals surface area contributed by atoms with E-state index in [1.807, 2.05) is 4.90 Å². The summed E-state index contributed by atoms with van der Waals surface area (Å²) in [6.45, 7) is 6.84. The summed E-state index contributed by atoms with van der Waals surface area (Å²) in [7, 11) is 0. The van der Waals surface area contributed by atoms with Gasteiger partial charge in [-0.05, 0) is 26.7 Å². The van der Waals surface area contributed by atoms with Crippen molar-refractivity contribution in [1.29, 1.82) is 0 Å². The zero-order valence-corrected chi connectivity index (χ0v) is 12.5. The quantitative estimate of drug-likeness (QED) is 0.555. The first-order valence-electron chi connectivity index (χ1n) is 7.32. The van der Waals surface area contributed by atoms with Gasteiger partial charge in [0.2, 0.25) is 17.8 Å². The average Bonchev–Trinajstić information content (AvgIpc) is 2.43. The van der Waals surface area contributed by atoms with Gasteiger partial charge in [-0.1, -0.05) is 12.8 Å². The first-order chi connectivity index (χ1) is 9.71. The molecule has 0 amide bonds. The molecule has 0 aliphatic carbocycles. The Balaban J connectivity index is 2.49. The molecule has 20 heavy (non-hydrogen) atoms. The maximum atomic E-state index is 8.70. The Morgan fingerprint density at radius 1 is 1.05 bits per heavy atom. The number of nitrogens with zero attached hydrogens (tertiary/aromatic N) is 4. The molecule has 0 spiro atoms. The van der Waals surface area contributed by atoms with Crippen LogP contribution in [-0.4, -0.2) is 46.3 Å². The van der Waals surface area contributed by atoms with E-state index in [2.05, 4.69) is 34.1 Å². The Hall–Kier alpha value is -1.63. The fourth-order valence-corrected chi connectivity index (χ4v) is 1.90. The van der Waals surface area contributed by atoms with Gasteiger partial charge in [-0.25, -0.2) is 0 Å². The zero-order valence-electron chi connectivity index (χ0n) is 12.5. The van der Waals surface area contributed by atoms with Gasteiger partial charge in [0.1, 0.15) is 0 Å². The van der Waals surface area contributed by atoms with E-state index in [0.717, 1.165) is 45.3 Å². The Kier molecular flexibility index (Phi) is 7.64. The number of hydrogen-bond donors (Lipinski definition) is 3. The standard InChI is InChI=1S/C13H26N6O/c1-3-19(4-2)13-17-11(14)16-12(18-13)15-9-7-5-6-8-10-20/h20H,3-10H2,1-2H3,(H3,14,15,16,17,18). The highest BCUT2D eigenvalue weighted by Crippen LogP contribution is 2.11. The molecule has 1 aromatic rings. The van der Waals surface area contributed by atoms with Gasteiger partial charge in [0.05, 0.1) is 0 Å². The molecule has 1 heterocycles. The van der Waals surface area contributed by atoms with Crippen molar-refractivity contribution < 1.29 is 5.11 Å². The molecule has 0 fully saturated rings. The van der Waals surface area contributed by atoms with E-state index in [9.17, 15) is 0 Å².